The Kier molecular flexibility index (Phi) is 4.50. The Morgan fingerprint density at radius 1 is 1.26 bits per heavy atom. The number of anilines is 1. The SMILES string of the molecule is Cc1cc(O)ccc1NC(=O)C(=O)NC(C)(C)CO. The first-order valence-corrected chi connectivity index (χ1v) is 5.79. The van der Waals surface area contributed by atoms with Crippen molar-refractivity contribution < 1.29 is 19.8 Å². The molecule has 6 nitrogen and oxygen atoms in total. The number of phenols is 1. The molecule has 104 valence electrons. The summed E-state index contributed by atoms with van der Waals surface area (Å²) in [6.45, 7) is 4.63. The lowest BCUT2D eigenvalue weighted by Gasteiger charge is -2.22. The van der Waals surface area contributed by atoms with Gasteiger partial charge in [0.2, 0.25) is 0 Å². The number of aliphatic hydroxyl groups is 1. The average Bonchev–Trinajstić information content (AvgIpc) is 2.32. The first-order valence-electron chi connectivity index (χ1n) is 5.79. The normalized spacial score (nSPS) is 10.9. The van der Waals surface area contributed by atoms with Crippen LogP contribution in [0.25, 0.3) is 0 Å². The number of nitrogens with one attached hydrogen (secondary N) is 2. The van der Waals surface area contributed by atoms with Gasteiger partial charge in [0.25, 0.3) is 0 Å². The highest BCUT2D eigenvalue weighted by atomic mass is 16.3. The fourth-order valence-electron chi connectivity index (χ4n) is 1.37. The highest BCUT2D eigenvalue weighted by Crippen LogP contribution is 2.19. The van der Waals surface area contributed by atoms with E-state index >= 15 is 0 Å². The van der Waals surface area contributed by atoms with E-state index in [9.17, 15) is 14.7 Å². The molecule has 0 aromatic heterocycles. The lowest BCUT2D eigenvalue weighted by Crippen LogP contribution is -2.50. The fourth-order valence-corrected chi connectivity index (χ4v) is 1.37. The van der Waals surface area contributed by atoms with Crippen molar-refractivity contribution in [1.29, 1.82) is 0 Å². The molecule has 1 aromatic carbocycles. The molecule has 0 fully saturated rings. The monoisotopic (exact) mass is 266 g/mol. The van der Waals surface area contributed by atoms with Crippen LogP contribution in [0, 0.1) is 6.92 Å². The molecule has 0 aliphatic carbocycles. The summed E-state index contributed by atoms with van der Waals surface area (Å²) in [5.41, 5.74) is 0.223. The quantitative estimate of drug-likeness (QED) is 0.473. The Balaban J connectivity index is 2.72. The van der Waals surface area contributed by atoms with Gasteiger partial charge in [-0.2, -0.15) is 0 Å². The first-order chi connectivity index (χ1) is 8.75. The van der Waals surface area contributed by atoms with Gasteiger partial charge in [0.05, 0.1) is 12.1 Å². The Morgan fingerprint density at radius 3 is 2.42 bits per heavy atom. The van der Waals surface area contributed by atoms with Crippen LogP contribution in [0.1, 0.15) is 19.4 Å². The van der Waals surface area contributed by atoms with E-state index in [4.69, 9.17) is 5.11 Å². The Morgan fingerprint density at radius 2 is 1.89 bits per heavy atom. The second-order valence-electron chi connectivity index (χ2n) is 4.95. The molecule has 0 spiro atoms. The van der Waals surface area contributed by atoms with Gasteiger partial charge in [-0.05, 0) is 44.5 Å². The summed E-state index contributed by atoms with van der Waals surface area (Å²) < 4.78 is 0. The van der Waals surface area contributed by atoms with Crippen LogP contribution >= 0.6 is 0 Å². The molecule has 2 amide bonds. The molecule has 0 atom stereocenters. The molecule has 0 bridgehead atoms. The molecule has 1 rings (SSSR count). The van der Waals surface area contributed by atoms with Crippen LogP contribution in [0.15, 0.2) is 18.2 Å². The number of phenolic OH excluding ortho intramolecular Hbond substituents is 1. The molecule has 0 saturated heterocycles. The number of carbonyl (C=O) groups excluding carboxylic acids is 2. The third kappa shape index (κ3) is 4.26. The molecule has 19 heavy (non-hydrogen) atoms. The van der Waals surface area contributed by atoms with Crippen molar-refractivity contribution >= 4 is 17.5 Å². The second-order valence-corrected chi connectivity index (χ2v) is 4.95. The lowest BCUT2D eigenvalue weighted by molar-refractivity contribution is -0.137. The van der Waals surface area contributed by atoms with Gasteiger partial charge < -0.3 is 20.8 Å². The third-order valence-corrected chi connectivity index (χ3v) is 2.51. The van der Waals surface area contributed by atoms with Crippen molar-refractivity contribution in [2.24, 2.45) is 0 Å². The van der Waals surface area contributed by atoms with Crippen LogP contribution in [0.2, 0.25) is 0 Å². The zero-order valence-electron chi connectivity index (χ0n) is 11.2. The van der Waals surface area contributed by atoms with Gasteiger partial charge in [0.1, 0.15) is 5.75 Å². The van der Waals surface area contributed by atoms with E-state index < -0.39 is 17.4 Å². The van der Waals surface area contributed by atoms with Crippen LogP contribution in [-0.2, 0) is 9.59 Å². The van der Waals surface area contributed by atoms with Gasteiger partial charge in [-0.25, -0.2) is 0 Å². The Bertz CT molecular complexity index is 497. The van der Waals surface area contributed by atoms with E-state index in [1.807, 2.05) is 0 Å². The molecule has 0 radical (unpaired) electrons. The van der Waals surface area contributed by atoms with E-state index in [0.717, 1.165) is 0 Å². The van der Waals surface area contributed by atoms with Crippen molar-refractivity contribution in [2.45, 2.75) is 26.3 Å². The molecular weight excluding hydrogens is 248 g/mol. The molecule has 0 aliphatic rings. The van der Waals surface area contributed by atoms with Gasteiger partial charge in [-0.15, -0.1) is 0 Å². The minimum atomic E-state index is -0.863. The highest BCUT2D eigenvalue weighted by molar-refractivity contribution is 6.39. The summed E-state index contributed by atoms with van der Waals surface area (Å²) in [5.74, 6) is -1.57. The summed E-state index contributed by atoms with van der Waals surface area (Å²) in [5, 5.41) is 23.1. The Hall–Kier alpha value is -2.08. The molecule has 6 heteroatoms. The van der Waals surface area contributed by atoms with Crippen LogP contribution in [0.5, 0.6) is 5.75 Å². The summed E-state index contributed by atoms with van der Waals surface area (Å²) in [6.07, 6.45) is 0. The van der Waals surface area contributed by atoms with E-state index in [1.54, 1.807) is 20.8 Å². The number of aryl methyl sites for hydroxylation is 1. The third-order valence-electron chi connectivity index (χ3n) is 2.51. The van der Waals surface area contributed by atoms with Crippen molar-refractivity contribution in [3.05, 3.63) is 23.8 Å². The van der Waals surface area contributed by atoms with Crippen LogP contribution < -0.4 is 10.6 Å². The summed E-state index contributed by atoms with van der Waals surface area (Å²) in [4.78, 5) is 23.3. The number of benzene rings is 1. The second kappa shape index (κ2) is 5.71. The number of rotatable bonds is 3. The minimum Gasteiger partial charge on any atom is -0.508 e. The largest absolute Gasteiger partial charge is 0.508 e. The molecule has 0 unspecified atom stereocenters. The lowest BCUT2D eigenvalue weighted by atomic mass is 10.1. The summed E-state index contributed by atoms with van der Waals surface area (Å²) in [6, 6.07) is 4.40. The van der Waals surface area contributed by atoms with Crippen molar-refractivity contribution in [3.8, 4) is 5.75 Å². The first kappa shape index (κ1) is 15.0. The predicted octanol–water partition coefficient (Wildman–Crippen LogP) is 0.526. The van der Waals surface area contributed by atoms with Crippen LogP contribution in [0.3, 0.4) is 0 Å². The summed E-state index contributed by atoms with van der Waals surface area (Å²) >= 11 is 0. The van der Waals surface area contributed by atoms with Crippen molar-refractivity contribution in [2.75, 3.05) is 11.9 Å². The Labute approximate surface area is 111 Å². The maximum Gasteiger partial charge on any atom is 0.313 e. The fraction of sp³-hybridized carbons (Fsp3) is 0.385. The minimum absolute atomic E-state index is 0.0846. The van der Waals surface area contributed by atoms with Crippen LogP contribution in [0.4, 0.5) is 5.69 Å². The average molecular weight is 266 g/mol. The topological polar surface area (TPSA) is 98.7 Å². The van der Waals surface area contributed by atoms with Crippen LogP contribution in [-0.4, -0.2) is 34.2 Å². The van der Waals surface area contributed by atoms with Crippen molar-refractivity contribution in [1.82, 2.24) is 5.32 Å². The zero-order valence-corrected chi connectivity index (χ0v) is 11.2. The maximum atomic E-state index is 11.7. The van der Waals surface area contributed by atoms with E-state index in [1.165, 1.54) is 18.2 Å². The zero-order chi connectivity index (χ0) is 14.6. The molecule has 4 N–H and O–H groups in total. The standard InChI is InChI=1S/C13H18N2O4/c1-8-6-9(17)4-5-10(8)14-11(18)12(19)15-13(2,3)7-16/h4-6,16-17H,7H2,1-3H3,(H,14,18)(H,15,19). The maximum absolute atomic E-state index is 11.7. The number of amides is 2. The molecule has 1 aromatic rings. The van der Waals surface area contributed by atoms with E-state index in [-0.39, 0.29) is 12.4 Å². The molecule has 0 heterocycles. The van der Waals surface area contributed by atoms with Gasteiger partial charge in [0, 0.05) is 5.69 Å². The van der Waals surface area contributed by atoms with Gasteiger partial charge in [0.15, 0.2) is 0 Å². The molecule has 0 saturated carbocycles. The molecular formula is C13H18N2O4. The number of hydrogen-bond acceptors (Lipinski definition) is 4. The number of aliphatic hydroxyl groups excluding tert-OH is 1. The van der Waals surface area contributed by atoms with Gasteiger partial charge >= 0.3 is 11.8 Å². The van der Waals surface area contributed by atoms with Gasteiger partial charge in [-0.3, -0.25) is 9.59 Å². The van der Waals surface area contributed by atoms with E-state index in [2.05, 4.69) is 10.6 Å². The highest BCUT2D eigenvalue weighted by Gasteiger charge is 2.23. The predicted molar refractivity (Wildman–Crippen MR) is 70.8 cm³/mol. The smallest absolute Gasteiger partial charge is 0.313 e. The number of hydrogen-bond donors (Lipinski definition) is 4. The number of carbonyl (C=O) groups is 2. The number of aromatic hydroxyl groups is 1. The van der Waals surface area contributed by atoms with Gasteiger partial charge in [-0.1, -0.05) is 0 Å². The summed E-state index contributed by atoms with van der Waals surface area (Å²) in [7, 11) is 0. The molecule has 0 aliphatic heterocycles. The van der Waals surface area contributed by atoms with E-state index in [0.29, 0.717) is 11.3 Å². The van der Waals surface area contributed by atoms with Crippen molar-refractivity contribution in [3.63, 3.8) is 0 Å².